The second kappa shape index (κ2) is 17.8. The molecule has 0 radical (unpaired) electrons. The minimum Gasteiger partial charge on any atom is -0.494 e. The van der Waals surface area contributed by atoms with Crippen LogP contribution in [0, 0.1) is 0 Å². The normalized spacial score (nSPS) is 11.2. The summed E-state index contributed by atoms with van der Waals surface area (Å²) in [5.74, 6) is -0.800. The van der Waals surface area contributed by atoms with Gasteiger partial charge in [0.1, 0.15) is 17.2 Å². The number of carbonyl (C=O) groups is 2. The third kappa shape index (κ3) is 12.0. The standard InChI is InChI=1S/C38H39F3O7/c39-38(40,41)48-32-18-16-28(17-19-32)31-24-30(27-10-5-3-6-11-27)25-33(26-31)46-22-7-2-1-4-12-29-13-8-14-35(34(29)20-21-37(44)45)47-23-9-15-36(42)43/h3,5-6,8,10-11,13-14,16-19,24-26H,1-2,4,7,9,12,15,20-23H2,(H,42,43)(H,44,45). The number of hydrogen-bond donors (Lipinski definition) is 2. The van der Waals surface area contributed by atoms with Crippen molar-refractivity contribution in [2.45, 2.75) is 64.1 Å². The predicted molar refractivity (Wildman–Crippen MR) is 176 cm³/mol. The summed E-state index contributed by atoms with van der Waals surface area (Å²) >= 11 is 0. The van der Waals surface area contributed by atoms with Crippen molar-refractivity contribution in [1.82, 2.24) is 0 Å². The lowest BCUT2D eigenvalue weighted by Crippen LogP contribution is -2.16. The van der Waals surface area contributed by atoms with Gasteiger partial charge in [-0.25, -0.2) is 0 Å². The molecule has 4 rings (SSSR count). The van der Waals surface area contributed by atoms with E-state index in [1.165, 1.54) is 12.1 Å². The molecular formula is C38H39F3O7. The summed E-state index contributed by atoms with van der Waals surface area (Å²) in [6.07, 6.45) is 0.251. The van der Waals surface area contributed by atoms with Crippen LogP contribution in [0.2, 0.25) is 0 Å². The molecule has 0 bridgehead atoms. The van der Waals surface area contributed by atoms with Gasteiger partial charge < -0.3 is 24.4 Å². The predicted octanol–water partition coefficient (Wildman–Crippen LogP) is 9.36. The lowest BCUT2D eigenvalue weighted by Gasteiger charge is -2.15. The van der Waals surface area contributed by atoms with Crippen LogP contribution in [0.15, 0.2) is 91.0 Å². The highest BCUT2D eigenvalue weighted by molar-refractivity contribution is 5.75. The Morgan fingerprint density at radius 3 is 1.90 bits per heavy atom. The molecule has 0 fully saturated rings. The number of unbranched alkanes of at least 4 members (excludes halogenated alkanes) is 3. The first-order chi connectivity index (χ1) is 23.1. The number of rotatable bonds is 19. The van der Waals surface area contributed by atoms with Crippen LogP contribution in [-0.2, 0) is 22.4 Å². The third-order valence-corrected chi connectivity index (χ3v) is 7.66. The topological polar surface area (TPSA) is 102 Å². The number of aryl methyl sites for hydroxylation is 1. The number of carboxylic acid groups (broad SMARTS) is 2. The molecule has 0 unspecified atom stereocenters. The van der Waals surface area contributed by atoms with E-state index >= 15 is 0 Å². The largest absolute Gasteiger partial charge is 0.573 e. The minimum absolute atomic E-state index is 0.00542. The first-order valence-corrected chi connectivity index (χ1v) is 15.9. The second-order valence-corrected chi connectivity index (χ2v) is 11.3. The first-order valence-electron chi connectivity index (χ1n) is 15.9. The van der Waals surface area contributed by atoms with E-state index in [1.807, 2.05) is 60.7 Å². The first kappa shape index (κ1) is 35.9. The van der Waals surface area contributed by atoms with E-state index in [4.69, 9.17) is 14.6 Å². The van der Waals surface area contributed by atoms with E-state index in [2.05, 4.69) is 4.74 Å². The summed E-state index contributed by atoms with van der Waals surface area (Å²) in [7, 11) is 0. The van der Waals surface area contributed by atoms with Crippen LogP contribution in [0.5, 0.6) is 17.2 Å². The SMILES string of the molecule is O=C(O)CCCOc1cccc(CCCCCCOc2cc(-c3ccccc3)cc(-c3ccc(OC(F)(F)F)cc3)c2)c1CCC(=O)O. The van der Waals surface area contributed by atoms with E-state index in [9.17, 15) is 27.9 Å². The van der Waals surface area contributed by atoms with Gasteiger partial charge in [-0.2, -0.15) is 0 Å². The van der Waals surface area contributed by atoms with Gasteiger partial charge in [-0.15, -0.1) is 13.2 Å². The molecule has 4 aromatic carbocycles. The van der Waals surface area contributed by atoms with Gasteiger partial charge in [0.25, 0.3) is 0 Å². The molecule has 7 nitrogen and oxygen atoms in total. The Bertz CT molecular complexity index is 1620. The molecule has 10 heteroatoms. The molecular weight excluding hydrogens is 625 g/mol. The quantitative estimate of drug-likeness (QED) is 0.0963. The maximum atomic E-state index is 12.6. The van der Waals surface area contributed by atoms with E-state index in [0.29, 0.717) is 30.9 Å². The zero-order valence-electron chi connectivity index (χ0n) is 26.5. The maximum absolute atomic E-state index is 12.6. The molecule has 2 N–H and O–H groups in total. The Balaban J connectivity index is 1.33. The van der Waals surface area contributed by atoms with Gasteiger partial charge in [-0.3, -0.25) is 9.59 Å². The Morgan fingerprint density at radius 2 is 1.23 bits per heavy atom. The number of carboxylic acids is 2. The molecule has 0 aliphatic rings. The zero-order chi connectivity index (χ0) is 34.4. The molecule has 4 aromatic rings. The van der Waals surface area contributed by atoms with Crippen molar-refractivity contribution in [2.24, 2.45) is 0 Å². The van der Waals surface area contributed by atoms with Crippen LogP contribution in [0.25, 0.3) is 22.3 Å². The minimum atomic E-state index is -4.76. The number of alkyl halides is 3. The maximum Gasteiger partial charge on any atom is 0.573 e. The fourth-order valence-corrected chi connectivity index (χ4v) is 5.36. The third-order valence-electron chi connectivity index (χ3n) is 7.66. The smallest absolute Gasteiger partial charge is 0.494 e. The highest BCUT2D eigenvalue weighted by Crippen LogP contribution is 2.33. The van der Waals surface area contributed by atoms with E-state index < -0.39 is 18.3 Å². The van der Waals surface area contributed by atoms with Crippen molar-refractivity contribution in [3.05, 3.63) is 102 Å². The molecule has 0 amide bonds. The fourth-order valence-electron chi connectivity index (χ4n) is 5.36. The lowest BCUT2D eigenvalue weighted by molar-refractivity contribution is -0.274. The van der Waals surface area contributed by atoms with Gasteiger partial charge in [-0.05, 0) is 102 Å². The molecule has 0 aliphatic carbocycles. The number of aliphatic carboxylic acids is 2. The number of hydrogen-bond acceptors (Lipinski definition) is 5. The van der Waals surface area contributed by atoms with Gasteiger partial charge in [0.15, 0.2) is 0 Å². The average molecular weight is 665 g/mol. The van der Waals surface area contributed by atoms with E-state index in [-0.39, 0.29) is 25.2 Å². The molecule has 0 aliphatic heterocycles. The van der Waals surface area contributed by atoms with Crippen molar-refractivity contribution >= 4 is 11.9 Å². The lowest BCUT2D eigenvalue weighted by atomic mass is 9.97. The number of ether oxygens (including phenoxy) is 3. The van der Waals surface area contributed by atoms with Gasteiger partial charge in [0.05, 0.1) is 13.2 Å². The van der Waals surface area contributed by atoms with Gasteiger partial charge in [0, 0.05) is 12.8 Å². The number of benzene rings is 4. The highest BCUT2D eigenvalue weighted by Gasteiger charge is 2.31. The Morgan fingerprint density at radius 1 is 0.583 bits per heavy atom. The number of halogens is 3. The molecule has 0 atom stereocenters. The van der Waals surface area contributed by atoms with Crippen LogP contribution in [0.4, 0.5) is 13.2 Å². The Kier molecular flexibility index (Phi) is 13.3. The highest BCUT2D eigenvalue weighted by atomic mass is 19.4. The van der Waals surface area contributed by atoms with Crippen LogP contribution < -0.4 is 14.2 Å². The van der Waals surface area contributed by atoms with Gasteiger partial charge in [-0.1, -0.05) is 67.4 Å². The van der Waals surface area contributed by atoms with Crippen molar-refractivity contribution < 1.29 is 47.2 Å². The molecule has 254 valence electrons. The van der Waals surface area contributed by atoms with Crippen LogP contribution in [-0.4, -0.2) is 41.7 Å². The van der Waals surface area contributed by atoms with Crippen molar-refractivity contribution in [2.75, 3.05) is 13.2 Å². The molecule has 0 saturated carbocycles. The molecule has 0 saturated heterocycles. The molecule has 0 heterocycles. The summed E-state index contributed by atoms with van der Waals surface area (Å²) in [5, 5.41) is 18.1. The molecule has 0 spiro atoms. The summed E-state index contributed by atoms with van der Waals surface area (Å²) < 4.78 is 53.9. The summed E-state index contributed by atoms with van der Waals surface area (Å²) in [4.78, 5) is 22.1. The van der Waals surface area contributed by atoms with Gasteiger partial charge >= 0.3 is 18.3 Å². The van der Waals surface area contributed by atoms with Crippen molar-refractivity contribution in [1.29, 1.82) is 0 Å². The van der Waals surface area contributed by atoms with E-state index in [1.54, 1.807) is 18.2 Å². The summed E-state index contributed by atoms with van der Waals surface area (Å²) in [6.45, 7) is 0.731. The fraction of sp³-hybridized carbons (Fsp3) is 0.316. The molecule has 48 heavy (non-hydrogen) atoms. The Labute approximate surface area is 277 Å². The Hall–Kier alpha value is -4.99. The second-order valence-electron chi connectivity index (χ2n) is 11.3. The van der Waals surface area contributed by atoms with Crippen LogP contribution in [0.3, 0.4) is 0 Å². The zero-order valence-corrected chi connectivity index (χ0v) is 26.5. The average Bonchev–Trinajstić information content (AvgIpc) is 3.05. The van der Waals surface area contributed by atoms with Crippen molar-refractivity contribution in [3.8, 4) is 39.5 Å². The van der Waals surface area contributed by atoms with Crippen LogP contribution >= 0.6 is 0 Å². The summed E-state index contributed by atoms with van der Waals surface area (Å²) in [6, 6.07) is 27.0. The summed E-state index contributed by atoms with van der Waals surface area (Å²) in [5.41, 5.74) is 5.33. The molecule has 0 aromatic heterocycles. The monoisotopic (exact) mass is 664 g/mol. The van der Waals surface area contributed by atoms with Crippen LogP contribution in [0.1, 0.15) is 56.1 Å². The van der Waals surface area contributed by atoms with Crippen molar-refractivity contribution in [3.63, 3.8) is 0 Å². The van der Waals surface area contributed by atoms with E-state index in [0.717, 1.165) is 65.5 Å². The van der Waals surface area contributed by atoms with Gasteiger partial charge in [0.2, 0.25) is 0 Å².